The summed E-state index contributed by atoms with van der Waals surface area (Å²) in [5.41, 5.74) is 2.77. The molecule has 0 saturated carbocycles. The number of Topliss-reactive ketones (excluding diaryl/α,β-unsaturated/α-hetero) is 1. The van der Waals surface area contributed by atoms with E-state index in [-0.39, 0.29) is 48.7 Å². The summed E-state index contributed by atoms with van der Waals surface area (Å²) < 4.78 is 20.2. The number of halogens is 2. The van der Waals surface area contributed by atoms with E-state index in [4.69, 9.17) is 21.4 Å². The highest BCUT2D eigenvalue weighted by molar-refractivity contribution is 6.31. The highest BCUT2D eigenvalue weighted by Gasteiger charge is 2.21. The van der Waals surface area contributed by atoms with Gasteiger partial charge in [-0.15, -0.1) is 0 Å². The average molecular weight is 377 g/mol. The highest BCUT2D eigenvalue weighted by Crippen LogP contribution is 2.28. The fourth-order valence-electron chi connectivity index (χ4n) is 2.80. The van der Waals surface area contributed by atoms with E-state index in [1.807, 2.05) is 19.1 Å². The summed E-state index contributed by atoms with van der Waals surface area (Å²) in [6.07, 6.45) is 1.54. The molecule has 3 aromatic rings. The molecule has 0 aliphatic rings. The Morgan fingerprint density at radius 2 is 2.19 bits per heavy atom. The maximum absolute atomic E-state index is 15.0. The molecule has 2 N–H and O–H groups in total. The van der Waals surface area contributed by atoms with Crippen molar-refractivity contribution < 1.29 is 19.0 Å². The zero-order chi connectivity index (χ0) is 18.7. The highest BCUT2D eigenvalue weighted by atomic mass is 35.5. The number of aliphatic hydroxyl groups is 1. The maximum Gasteiger partial charge on any atom is 0.188 e. The number of aromatic nitrogens is 2. The van der Waals surface area contributed by atoms with Crippen LogP contribution in [-0.4, -0.2) is 40.7 Å². The molecule has 3 rings (SSSR count). The number of aliphatic hydroxyl groups excluding tert-OH is 1. The Labute approximate surface area is 154 Å². The fraction of sp³-hybridized carbons (Fsp3) is 0.263. The molecule has 0 unspecified atom stereocenters. The van der Waals surface area contributed by atoms with Gasteiger partial charge in [0.1, 0.15) is 12.1 Å². The molecule has 0 spiro atoms. The lowest BCUT2D eigenvalue weighted by Crippen LogP contribution is -2.15. The Hall–Kier alpha value is -2.28. The van der Waals surface area contributed by atoms with Gasteiger partial charge in [-0.3, -0.25) is 4.79 Å². The number of carbonyl (C=O) groups is 1. The third kappa shape index (κ3) is 3.77. The van der Waals surface area contributed by atoms with E-state index in [0.717, 1.165) is 11.1 Å². The van der Waals surface area contributed by atoms with Crippen LogP contribution >= 0.6 is 11.6 Å². The minimum absolute atomic E-state index is 0.0413. The summed E-state index contributed by atoms with van der Waals surface area (Å²) in [5, 5.41) is 9.30. The number of nitrogens with one attached hydrogen (secondary N) is 1. The molecule has 1 aromatic heterocycles. The van der Waals surface area contributed by atoms with Crippen LogP contribution in [-0.2, 0) is 11.2 Å². The van der Waals surface area contributed by atoms with Crippen LogP contribution in [0, 0.1) is 12.7 Å². The van der Waals surface area contributed by atoms with Crippen molar-refractivity contribution in [2.75, 3.05) is 19.8 Å². The molecule has 0 saturated heterocycles. The van der Waals surface area contributed by atoms with Gasteiger partial charge < -0.3 is 14.8 Å². The molecule has 1 heterocycles. The predicted molar refractivity (Wildman–Crippen MR) is 97.3 cm³/mol. The van der Waals surface area contributed by atoms with Crippen molar-refractivity contribution in [3.8, 4) is 0 Å². The number of hydrogen-bond acceptors (Lipinski definition) is 4. The maximum atomic E-state index is 15.0. The van der Waals surface area contributed by atoms with Gasteiger partial charge >= 0.3 is 0 Å². The second-order valence-corrected chi connectivity index (χ2v) is 6.39. The van der Waals surface area contributed by atoms with Crippen LogP contribution in [0.5, 0.6) is 0 Å². The molecule has 0 bridgehead atoms. The third-order valence-corrected chi connectivity index (χ3v) is 4.45. The molecular formula is C19H18ClFN2O3. The van der Waals surface area contributed by atoms with Crippen LogP contribution in [0.4, 0.5) is 4.39 Å². The number of aryl methyl sites for hydroxylation is 1. The summed E-state index contributed by atoms with van der Waals surface area (Å²) in [7, 11) is 0. The van der Waals surface area contributed by atoms with E-state index >= 15 is 4.39 Å². The minimum Gasteiger partial charge on any atom is -0.394 e. The lowest BCUT2D eigenvalue weighted by atomic mass is 9.95. The van der Waals surface area contributed by atoms with Crippen molar-refractivity contribution in [3.05, 3.63) is 63.7 Å². The first kappa shape index (κ1) is 18.5. The minimum atomic E-state index is -0.550. The molecule has 2 aromatic carbocycles. The van der Waals surface area contributed by atoms with Gasteiger partial charge in [-0.25, -0.2) is 9.37 Å². The number of hydrogen-bond donors (Lipinski definition) is 2. The Morgan fingerprint density at radius 1 is 1.38 bits per heavy atom. The molecule has 136 valence electrons. The number of rotatable bonds is 7. The van der Waals surface area contributed by atoms with E-state index in [1.54, 1.807) is 12.1 Å². The Kier molecular flexibility index (Phi) is 5.66. The third-order valence-electron chi connectivity index (χ3n) is 4.10. The number of carbonyl (C=O) groups excluding carboxylic acids is 1. The number of H-pyrrole nitrogens is 1. The van der Waals surface area contributed by atoms with Crippen LogP contribution in [0.2, 0.25) is 5.02 Å². The predicted octanol–water partition coefficient (Wildman–Crippen LogP) is 3.45. The van der Waals surface area contributed by atoms with Gasteiger partial charge in [-0.2, -0.15) is 0 Å². The normalized spacial score (nSPS) is 11.2. The van der Waals surface area contributed by atoms with Gasteiger partial charge in [0.2, 0.25) is 0 Å². The number of imidazole rings is 1. The van der Waals surface area contributed by atoms with E-state index < -0.39 is 5.82 Å². The van der Waals surface area contributed by atoms with E-state index in [1.165, 1.54) is 6.33 Å². The van der Waals surface area contributed by atoms with Crippen molar-refractivity contribution in [2.24, 2.45) is 0 Å². The van der Waals surface area contributed by atoms with Crippen LogP contribution in [0.3, 0.4) is 0 Å². The Bertz CT molecular complexity index is 955. The first-order chi connectivity index (χ1) is 12.5. The van der Waals surface area contributed by atoms with Crippen molar-refractivity contribution in [1.82, 2.24) is 9.97 Å². The zero-order valence-electron chi connectivity index (χ0n) is 14.2. The van der Waals surface area contributed by atoms with Gasteiger partial charge in [0.25, 0.3) is 0 Å². The van der Waals surface area contributed by atoms with Crippen LogP contribution in [0.25, 0.3) is 11.0 Å². The van der Waals surface area contributed by atoms with E-state index in [2.05, 4.69) is 9.97 Å². The van der Waals surface area contributed by atoms with E-state index in [0.29, 0.717) is 10.5 Å². The number of nitrogens with zero attached hydrogens (tertiary/aromatic N) is 1. The molecule has 0 atom stereocenters. The molecule has 0 amide bonds. The molecule has 0 aliphatic heterocycles. The molecule has 0 fully saturated rings. The first-order valence-electron chi connectivity index (χ1n) is 8.12. The monoisotopic (exact) mass is 376 g/mol. The lowest BCUT2D eigenvalue weighted by molar-refractivity contribution is 0.0663. The van der Waals surface area contributed by atoms with Crippen LogP contribution in [0.1, 0.15) is 27.0 Å². The first-order valence-corrected chi connectivity index (χ1v) is 8.50. The van der Waals surface area contributed by atoms with Crippen LogP contribution < -0.4 is 0 Å². The van der Waals surface area contributed by atoms with Crippen molar-refractivity contribution in [3.63, 3.8) is 0 Å². The topological polar surface area (TPSA) is 75.2 Å². The Balaban J connectivity index is 2.04. The smallest absolute Gasteiger partial charge is 0.188 e. The standard InChI is InChI=1S/C19H18ClFN2O3/c1-11-2-3-12(15(20)6-11)7-14-13(17(25)9-26-5-4-24)8-16-19(18(14)21)23-10-22-16/h2-3,6,8,10,24H,4-5,7,9H2,1H3,(H,22,23). The largest absolute Gasteiger partial charge is 0.394 e. The number of ketones is 1. The molecular weight excluding hydrogens is 359 g/mol. The molecule has 26 heavy (non-hydrogen) atoms. The number of fused-ring (bicyclic) bond motifs is 1. The summed E-state index contributed by atoms with van der Waals surface area (Å²) in [6, 6.07) is 7.08. The molecule has 5 nitrogen and oxygen atoms in total. The second-order valence-electron chi connectivity index (χ2n) is 5.99. The molecule has 0 aliphatic carbocycles. The van der Waals surface area contributed by atoms with Crippen molar-refractivity contribution in [2.45, 2.75) is 13.3 Å². The number of ether oxygens (including phenoxy) is 1. The number of aromatic amines is 1. The van der Waals surface area contributed by atoms with Gasteiger partial charge in [0.05, 0.1) is 25.1 Å². The summed E-state index contributed by atoms with van der Waals surface area (Å²) in [5.74, 6) is -0.919. The quantitative estimate of drug-likeness (QED) is 0.489. The van der Waals surface area contributed by atoms with Gasteiger partial charge in [0, 0.05) is 22.6 Å². The second kappa shape index (κ2) is 7.95. The SMILES string of the molecule is Cc1ccc(Cc2c(C(=O)COCCO)cc3[nH]cnc3c2F)c(Cl)c1. The fourth-order valence-corrected chi connectivity index (χ4v) is 3.10. The van der Waals surface area contributed by atoms with Crippen molar-refractivity contribution >= 4 is 28.4 Å². The summed E-state index contributed by atoms with van der Waals surface area (Å²) >= 11 is 6.28. The summed E-state index contributed by atoms with van der Waals surface area (Å²) in [4.78, 5) is 19.4. The zero-order valence-corrected chi connectivity index (χ0v) is 14.9. The molecule has 7 heteroatoms. The number of benzene rings is 2. The van der Waals surface area contributed by atoms with Crippen LogP contribution in [0.15, 0.2) is 30.6 Å². The molecule has 0 radical (unpaired) electrons. The average Bonchev–Trinajstić information content (AvgIpc) is 3.08. The van der Waals surface area contributed by atoms with Gasteiger partial charge in [0.15, 0.2) is 11.6 Å². The Morgan fingerprint density at radius 3 is 2.92 bits per heavy atom. The lowest BCUT2D eigenvalue weighted by Gasteiger charge is -2.12. The van der Waals surface area contributed by atoms with E-state index in [9.17, 15) is 4.79 Å². The van der Waals surface area contributed by atoms with Gasteiger partial charge in [-0.1, -0.05) is 23.7 Å². The summed E-state index contributed by atoms with van der Waals surface area (Å²) in [6.45, 7) is 1.53. The van der Waals surface area contributed by atoms with Gasteiger partial charge in [-0.05, 0) is 30.2 Å². The van der Waals surface area contributed by atoms with Crippen molar-refractivity contribution in [1.29, 1.82) is 0 Å².